The number of amidine groups is 1. The molecule has 0 bridgehead atoms. The Labute approximate surface area is 138 Å². The first-order valence-corrected chi connectivity index (χ1v) is 8.58. The van der Waals surface area contributed by atoms with Gasteiger partial charge in [0.2, 0.25) is 0 Å². The van der Waals surface area contributed by atoms with Crippen molar-refractivity contribution < 1.29 is 17.9 Å². The molecule has 0 atom stereocenters. The Morgan fingerprint density at radius 3 is 2.62 bits per heavy atom. The number of hydrogen-bond acceptors (Lipinski definition) is 5. The molecule has 0 unspecified atom stereocenters. The smallest absolute Gasteiger partial charge is 0.285 e. The Hall–Kier alpha value is -2.58. The summed E-state index contributed by atoms with van der Waals surface area (Å²) in [7, 11) is -3.79. The normalized spacial score (nSPS) is 15.3. The van der Waals surface area contributed by atoms with Crippen LogP contribution >= 0.6 is 0 Å². The minimum Gasteiger partial charge on any atom is -0.394 e. The first-order valence-electron chi connectivity index (χ1n) is 7.14. The van der Waals surface area contributed by atoms with Crippen molar-refractivity contribution in [2.24, 2.45) is 9.50 Å². The summed E-state index contributed by atoms with van der Waals surface area (Å²) in [4.78, 5) is 0.0871. The van der Waals surface area contributed by atoms with E-state index in [0.717, 1.165) is 0 Å². The number of benzene rings is 2. The van der Waals surface area contributed by atoms with Crippen molar-refractivity contribution in [1.29, 1.82) is 0 Å². The second-order valence-electron chi connectivity index (χ2n) is 5.00. The van der Waals surface area contributed by atoms with Crippen molar-refractivity contribution in [3.8, 4) is 0 Å². The number of aliphatic hydroxyl groups is 1. The van der Waals surface area contributed by atoms with Crippen LogP contribution in [0.15, 0.2) is 62.9 Å². The molecule has 2 aromatic carbocycles. The summed E-state index contributed by atoms with van der Waals surface area (Å²) in [5.41, 5.74) is 0.645. The van der Waals surface area contributed by atoms with Crippen LogP contribution in [0.5, 0.6) is 0 Å². The van der Waals surface area contributed by atoms with Crippen LogP contribution in [-0.2, 0) is 10.0 Å². The molecule has 0 fully saturated rings. The lowest BCUT2D eigenvalue weighted by Gasteiger charge is -2.17. The Bertz CT molecular complexity index is 926. The minimum absolute atomic E-state index is 0.0215. The molecule has 3 rings (SSSR count). The van der Waals surface area contributed by atoms with Gasteiger partial charge in [0.25, 0.3) is 10.0 Å². The van der Waals surface area contributed by atoms with Crippen molar-refractivity contribution in [3.05, 3.63) is 65.5 Å². The predicted octanol–water partition coefficient (Wildman–Crippen LogP) is 1.60. The van der Waals surface area contributed by atoms with Crippen LogP contribution in [0, 0.1) is 5.82 Å². The fourth-order valence-corrected chi connectivity index (χ4v) is 3.51. The van der Waals surface area contributed by atoms with E-state index in [1.54, 1.807) is 30.3 Å². The zero-order valence-electron chi connectivity index (χ0n) is 12.5. The van der Waals surface area contributed by atoms with E-state index in [0.29, 0.717) is 5.56 Å². The minimum atomic E-state index is -3.79. The van der Waals surface area contributed by atoms with Crippen molar-refractivity contribution in [1.82, 2.24) is 5.01 Å². The summed E-state index contributed by atoms with van der Waals surface area (Å²) < 4.78 is 41.6. The van der Waals surface area contributed by atoms with Crippen LogP contribution in [0.2, 0.25) is 0 Å². The highest BCUT2D eigenvalue weighted by Gasteiger charge is 2.31. The van der Waals surface area contributed by atoms with E-state index < -0.39 is 15.8 Å². The maximum absolute atomic E-state index is 13.7. The highest BCUT2D eigenvalue weighted by atomic mass is 32.2. The molecule has 2 aromatic rings. The lowest BCUT2D eigenvalue weighted by molar-refractivity contribution is 0.254. The van der Waals surface area contributed by atoms with Gasteiger partial charge < -0.3 is 5.11 Å². The van der Waals surface area contributed by atoms with Crippen LogP contribution in [0.3, 0.4) is 0 Å². The topological polar surface area (TPSA) is 82.3 Å². The fourth-order valence-electron chi connectivity index (χ4n) is 2.30. The fraction of sp³-hybridized carbons (Fsp3) is 0.125. The third-order valence-corrected chi connectivity index (χ3v) is 4.74. The molecule has 1 aliphatic rings. The van der Waals surface area contributed by atoms with Gasteiger partial charge in [-0.25, -0.2) is 9.40 Å². The average Bonchev–Trinajstić information content (AvgIpc) is 2.85. The Morgan fingerprint density at radius 1 is 1.17 bits per heavy atom. The van der Waals surface area contributed by atoms with Gasteiger partial charge in [0.15, 0.2) is 5.84 Å². The number of sulfonamides is 1. The van der Waals surface area contributed by atoms with Crippen LogP contribution in [0.4, 0.5) is 4.39 Å². The molecular formula is C16H14FN3O3S. The first kappa shape index (κ1) is 16.3. The summed E-state index contributed by atoms with van der Waals surface area (Å²) in [5.74, 6) is -0.348. The summed E-state index contributed by atoms with van der Waals surface area (Å²) in [6.45, 7) is -0.247. The molecule has 124 valence electrons. The highest BCUT2D eigenvalue weighted by molar-refractivity contribution is 7.90. The largest absolute Gasteiger partial charge is 0.394 e. The lowest BCUT2D eigenvalue weighted by Crippen LogP contribution is -2.29. The van der Waals surface area contributed by atoms with Gasteiger partial charge in [-0.3, -0.25) is 0 Å². The molecule has 8 heteroatoms. The third kappa shape index (κ3) is 3.06. The van der Waals surface area contributed by atoms with Gasteiger partial charge in [-0.2, -0.15) is 13.5 Å². The van der Waals surface area contributed by atoms with Gasteiger partial charge in [-0.15, -0.1) is 4.40 Å². The van der Waals surface area contributed by atoms with Gasteiger partial charge in [0, 0.05) is 11.1 Å². The molecule has 0 aromatic heterocycles. The zero-order valence-corrected chi connectivity index (χ0v) is 13.3. The van der Waals surface area contributed by atoms with E-state index in [1.165, 1.54) is 29.4 Å². The van der Waals surface area contributed by atoms with E-state index in [4.69, 9.17) is 0 Å². The van der Waals surface area contributed by atoms with Crippen LogP contribution in [0.1, 0.15) is 11.1 Å². The number of fused-ring (bicyclic) bond motifs is 1. The highest BCUT2D eigenvalue weighted by Crippen LogP contribution is 2.27. The molecular weight excluding hydrogens is 333 g/mol. The zero-order chi connectivity index (χ0) is 17.2. The molecule has 0 saturated carbocycles. The molecule has 0 saturated heterocycles. The maximum Gasteiger partial charge on any atom is 0.285 e. The predicted molar refractivity (Wildman–Crippen MR) is 88.0 cm³/mol. The summed E-state index contributed by atoms with van der Waals surface area (Å²) in [6.07, 6.45) is 1.26. The molecule has 1 heterocycles. The number of rotatable bonds is 4. The standard InChI is InChI=1S/C16H14FN3O3S/c17-14-7-3-1-5-12(14)11-18-20(9-10-21)16-13-6-2-4-8-15(13)24(22,23)19-16/h1-8,11,21H,9-10H2/b18-11-. The third-order valence-electron chi connectivity index (χ3n) is 3.41. The Kier molecular flexibility index (Phi) is 4.41. The second-order valence-corrected chi connectivity index (χ2v) is 6.57. The van der Waals surface area contributed by atoms with Gasteiger partial charge in [0.05, 0.1) is 19.4 Å². The van der Waals surface area contributed by atoms with Crippen molar-refractivity contribution in [2.45, 2.75) is 4.90 Å². The monoisotopic (exact) mass is 347 g/mol. The average molecular weight is 347 g/mol. The number of hydrogen-bond donors (Lipinski definition) is 1. The van der Waals surface area contributed by atoms with Crippen LogP contribution in [0.25, 0.3) is 0 Å². The van der Waals surface area contributed by atoms with Gasteiger partial charge in [0.1, 0.15) is 10.7 Å². The summed E-state index contributed by atoms with van der Waals surface area (Å²) in [6, 6.07) is 12.4. The van der Waals surface area contributed by atoms with E-state index in [9.17, 15) is 17.9 Å². The summed E-state index contributed by atoms with van der Waals surface area (Å²) >= 11 is 0. The van der Waals surface area contributed by atoms with Crippen molar-refractivity contribution >= 4 is 22.1 Å². The number of hydrazone groups is 1. The molecule has 0 aliphatic carbocycles. The van der Waals surface area contributed by atoms with Crippen LogP contribution in [-0.4, -0.2) is 43.7 Å². The van der Waals surface area contributed by atoms with Crippen molar-refractivity contribution in [3.63, 3.8) is 0 Å². The summed E-state index contributed by atoms with van der Waals surface area (Å²) in [5, 5.41) is 14.6. The maximum atomic E-state index is 13.7. The van der Waals surface area contributed by atoms with Gasteiger partial charge >= 0.3 is 0 Å². The van der Waals surface area contributed by atoms with E-state index >= 15 is 0 Å². The molecule has 1 N–H and O–H groups in total. The Balaban J connectivity index is 2.00. The van der Waals surface area contributed by atoms with Crippen molar-refractivity contribution in [2.75, 3.05) is 13.2 Å². The molecule has 0 spiro atoms. The van der Waals surface area contributed by atoms with Gasteiger partial charge in [-0.1, -0.05) is 30.3 Å². The second kappa shape index (κ2) is 6.50. The van der Waals surface area contributed by atoms with E-state index in [1.807, 2.05) is 0 Å². The molecule has 0 radical (unpaired) electrons. The first-order chi connectivity index (χ1) is 11.5. The quantitative estimate of drug-likeness (QED) is 0.673. The molecule has 0 amide bonds. The van der Waals surface area contributed by atoms with Gasteiger partial charge in [-0.05, 0) is 18.2 Å². The SMILES string of the molecule is O=S1(=O)N=C(N(CCO)/N=C\c2ccccc2F)c2ccccc21. The Morgan fingerprint density at radius 2 is 1.88 bits per heavy atom. The molecule has 1 aliphatic heterocycles. The van der Waals surface area contributed by atoms with E-state index in [2.05, 4.69) is 9.50 Å². The number of halogens is 1. The lowest BCUT2D eigenvalue weighted by atomic mass is 10.2. The van der Waals surface area contributed by atoms with Crippen LogP contribution < -0.4 is 0 Å². The number of aliphatic hydroxyl groups excluding tert-OH is 1. The molecule has 6 nitrogen and oxygen atoms in total. The number of nitrogens with zero attached hydrogens (tertiary/aromatic N) is 3. The molecule has 24 heavy (non-hydrogen) atoms. The van der Waals surface area contributed by atoms with E-state index in [-0.39, 0.29) is 29.4 Å².